The fourth-order valence-corrected chi connectivity index (χ4v) is 6.58. The van der Waals surface area contributed by atoms with Crippen LogP contribution in [0.25, 0.3) is 10.9 Å². The average molecular weight is 539 g/mol. The molecule has 2 amide bonds. The van der Waals surface area contributed by atoms with Gasteiger partial charge in [0.25, 0.3) is 5.91 Å². The van der Waals surface area contributed by atoms with Gasteiger partial charge in [0.05, 0.1) is 0 Å². The van der Waals surface area contributed by atoms with E-state index in [0.717, 1.165) is 50.3 Å². The lowest BCUT2D eigenvalue weighted by atomic mass is 9.86. The Kier molecular flexibility index (Phi) is 10.5. The number of aryl methyl sites for hydroxylation is 2. The van der Waals surface area contributed by atoms with E-state index in [-0.39, 0.29) is 17.9 Å². The molecule has 1 saturated heterocycles. The fraction of sp³-hybridized carbons (Fsp3) is 0.688. The summed E-state index contributed by atoms with van der Waals surface area (Å²) in [6.45, 7) is 11.1. The molecule has 2 aliphatic rings. The molecule has 7 nitrogen and oxygen atoms in total. The minimum atomic E-state index is 0.0848. The number of aromatic nitrogens is 1. The molecule has 1 saturated carbocycles. The number of fused-ring (bicyclic) bond motifs is 1. The molecule has 2 atom stereocenters. The van der Waals surface area contributed by atoms with Gasteiger partial charge < -0.3 is 24.4 Å². The summed E-state index contributed by atoms with van der Waals surface area (Å²) in [5.74, 6) is 1.60. The van der Waals surface area contributed by atoms with Crippen LogP contribution >= 0.6 is 0 Å². The Morgan fingerprint density at radius 2 is 1.82 bits per heavy atom. The molecule has 1 unspecified atom stereocenters. The lowest BCUT2D eigenvalue weighted by molar-refractivity contribution is -0.131. The predicted octanol–water partition coefficient (Wildman–Crippen LogP) is 5.10. The van der Waals surface area contributed by atoms with Crippen molar-refractivity contribution in [3.05, 3.63) is 35.5 Å². The molecule has 0 radical (unpaired) electrons. The maximum absolute atomic E-state index is 13.9. The number of hydrogen-bond acceptors (Lipinski definition) is 4. The van der Waals surface area contributed by atoms with Crippen LogP contribution in [0.3, 0.4) is 0 Å². The summed E-state index contributed by atoms with van der Waals surface area (Å²) < 4.78 is 7.49. The van der Waals surface area contributed by atoms with E-state index in [4.69, 9.17) is 4.74 Å². The van der Waals surface area contributed by atoms with Crippen LogP contribution in [-0.2, 0) is 16.1 Å². The van der Waals surface area contributed by atoms with E-state index in [1.165, 1.54) is 43.1 Å². The monoisotopic (exact) mass is 538 g/mol. The summed E-state index contributed by atoms with van der Waals surface area (Å²) in [5, 5.41) is 4.74. The second kappa shape index (κ2) is 13.8. The largest absolute Gasteiger partial charge is 0.385 e. The summed E-state index contributed by atoms with van der Waals surface area (Å²) in [7, 11) is 3.69. The number of rotatable bonds is 12. The van der Waals surface area contributed by atoms with E-state index in [1.807, 2.05) is 22.9 Å². The van der Waals surface area contributed by atoms with Crippen molar-refractivity contribution in [1.82, 2.24) is 19.7 Å². The van der Waals surface area contributed by atoms with Crippen molar-refractivity contribution in [2.75, 3.05) is 46.9 Å². The first-order valence-corrected chi connectivity index (χ1v) is 15.1. The normalized spacial score (nSPS) is 20.2. The number of benzene rings is 1. The number of carbonyl (C=O) groups is 2. The first-order chi connectivity index (χ1) is 18.8. The van der Waals surface area contributed by atoms with Crippen LogP contribution < -0.4 is 5.32 Å². The first-order valence-electron chi connectivity index (χ1n) is 15.1. The van der Waals surface area contributed by atoms with Gasteiger partial charge in [-0.2, -0.15) is 0 Å². The molecular formula is C32H50N4O3. The van der Waals surface area contributed by atoms with E-state index in [0.29, 0.717) is 30.7 Å². The van der Waals surface area contributed by atoms with Gasteiger partial charge in [-0.15, -0.1) is 0 Å². The SMILES string of the molecule is COCCCn1cc(C)c2ccc(C(=O)N(C[C@@H]3CNCC3CN(C)C(=O)CC3CCCCC3)C(C)C)cc21. The van der Waals surface area contributed by atoms with E-state index >= 15 is 0 Å². The Labute approximate surface area is 235 Å². The molecule has 1 aromatic heterocycles. The van der Waals surface area contributed by atoms with Gasteiger partial charge in [0.2, 0.25) is 5.91 Å². The third-order valence-corrected chi connectivity index (χ3v) is 8.99. The zero-order chi connectivity index (χ0) is 27.9. The van der Waals surface area contributed by atoms with Crippen LogP contribution in [0.15, 0.2) is 24.4 Å². The van der Waals surface area contributed by atoms with Gasteiger partial charge in [0.1, 0.15) is 0 Å². The molecule has 2 fully saturated rings. The number of methoxy groups -OCH3 is 1. The molecular weight excluding hydrogens is 488 g/mol. The van der Waals surface area contributed by atoms with E-state index in [1.54, 1.807) is 7.11 Å². The molecule has 216 valence electrons. The van der Waals surface area contributed by atoms with Gasteiger partial charge in [0.15, 0.2) is 0 Å². The van der Waals surface area contributed by atoms with Crippen LogP contribution in [-0.4, -0.2) is 79.2 Å². The Balaban J connectivity index is 1.42. The number of carbonyl (C=O) groups excluding carboxylic acids is 2. The van der Waals surface area contributed by atoms with Crippen molar-refractivity contribution in [3.8, 4) is 0 Å². The fourth-order valence-electron chi connectivity index (χ4n) is 6.58. The van der Waals surface area contributed by atoms with Gasteiger partial charge >= 0.3 is 0 Å². The van der Waals surface area contributed by atoms with Crippen LogP contribution in [0.2, 0.25) is 0 Å². The zero-order valence-electron chi connectivity index (χ0n) is 24.9. The van der Waals surface area contributed by atoms with Crippen LogP contribution in [0.5, 0.6) is 0 Å². The molecule has 39 heavy (non-hydrogen) atoms. The lowest BCUT2D eigenvalue weighted by Gasteiger charge is -2.33. The zero-order valence-corrected chi connectivity index (χ0v) is 24.9. The molecule has 2 heterocycles. The highest BCUT2D eigenvalue weighted by Gasteiger charge is 2.33. The third-order valence-electron chi connectivity index (χ3n) is 8.99. The molecule has 1 aromatic carbocycles. The molecule has 4 rings (SSSR count). The maximum atomic E-state index is 13.9. The maximum Gasteiger partial charge on any atom is 0.254 e. The van der Waals surface area contributed by atoms with Crippen molar-refractivity contribution >= 4 is 22.7 Å². The molecule has 1 aliphatic heterocycles. The van der Waals surface area contributed by atoms with Gasteiger partial charge in [-0.25, -0.2) is 0 Å². The highest BCUT2D eigenvalue weighted by molar-refractivity contribution is 5.98. The summed E-state index contributed by atoms with van der Waals surface area (Å²) in [6.07, 6.45) is 10.0. The van der Waals surface area contributed by atoms with E-state index < -0.39 is 0 Å². The van der Waals surface area contributed by atoms with Crippen LogP contribution in [0.4, 0.5) is 0 Å². The van der Waals surface area contributed by atoms with Gasteiger partial charge in [-0.05, 0) is 75.5 Å². The molecule has 1 aliphatic carbocycles. The van der Waals surface area contributed by atoms with Gasteiger partial charge in [-0.3, -0.25) is 9.59 Å². The number of hydrogen-bond donors (Lipinski definition) is 1. The topological polar surface area (TPSA) is 66.8 Å². The summed E-state index contributed by atoms with van der Waals surface area (Å²) in [6, 6.07) is 6.23. The molecule has 2 aromatic rings. The van der Waals surface area contributed by atoms with Gasteiger partial charge in [0, 0.05) is 88.6 Å². The van der Waals surface area contributed by atoms with Crippen molar-refractivity contribution in [2.24, 2.45) is 17.8 Å². The number of amides is 2. The standard InChI is InChI=1S/C32H50N4O3/c1-23(2)36(32(38)26-12-13-29-24(3)20-35(30(29)17-26)14-9-15-39-5)22-28-19-33-18-27(28)21-34(4)31(37)16-25-10-7-6-8-11-25/h12-13,17,20,23,25,27-28,33H,6-11,14-16,18-19,21-22H2,1-5H3/t27?,28-/m0/s1. The third kappa shape index (κ3) is 7.43. The van der Waals surface area contributed by atoms with Crippen molar-refractivity contribution in [1.29, 1.82) is 0 Å². The Morgan fingerprint density at radius 1 is 1.10 bits per heavy atom. The minimum Gasteiger partial charge on any atom is -0.385 e. The van der Waals surface area contributed by atoms with Crippen LogP contribution in [0.1, 0.15) is 74.7 Å². The Bertz CT molecular complexity index is 1100. The second-order valence-corrected chi connectivity index (χ2v) is 12.3. The predicted molar refractivity (Wildman–Crippen MR) is 158 cm³/mol. The van der Waals surface area contributed by atoms with Crippen molar-refractivity contribution < 1.29 is 14.3 Å². The van der Waals surface area contributed by atoms with Crippen molar-refractivity contribution in [2.45, 2.75) is 78.3 Å². The smallest absolute Gasteiger partial charge is 0.254 e. The molecule has 0 bridgehead atoms. The van der Waals surface area contributed by atoms with Crippen molar-refractivity contribution in [3.63, 3.8) is 0 Å². The van der Waals surface area contributed by atoms with E-state index in [9.17, 15) is 9.59 Å². The quantitative estimate of drug-likeness (QED) is 0.382. The van der Waals surface area contributed by atoms with Crippen LogP contribution in [0, 0.1) is 24.7 Å². The summed E-state index contributed by atoms with van der Waals surface area (Å²) >= 11 is 0. The lowest BCUT2D eigenvalue weighted by Crippen LogP contribution is -2.44. The molecule has 1 N–H and O–H groups in total. The highest BCUT2D eigenvalue weighted by atomic mass is 16.5. The number of nitrogens with zero attached hydrogens (tertiary/aromatic N) is 3. The first kappa shape index (κ1) is 29.6. The number of nitrogens with one attached hydrogen (secondary N) is 1. The van der Waals surface area contributed by atoms with Gasteiger partial charge in [-0.1, -0.05) is 25.3 Å². The minimum absolute atomic E-state index is 0.0848. The summed E-state index contributed by atoms with van der Waals surface area (Å²) in [4.78, 5) is 30.8. The Hall–Kier alpha value is -2.38. The van der Waals surface area contributed by atoms with E-state index in [2.05, 4.69) is 49.0 Å². The average Bonchev–Trinajstić information content (AvgIpc) is 3.50. The number of ether oxygens (including phenoxy) is 1. The summed E-state index contributed by atoms with van der Waals surface area (Å²) in [5.41, 5.74) is 3.07. The molecule has 7 heteroatoms. The second-order valence-electron chi connectivity index (χ2n) is 12.3. The molecule has 0 spiro atoms. The highest BCUT2D eigenvalue weighted by Crippen LogP contribution is 2.28. The Morgan fingerprint density at radius 3 is 2.51 bits per heavy atom.